The highest BCUT2D eigenvalue weighted by molar-refractivity contribution is 7.10. The summed E-state index contributed by atoms with van der Waals surface area (Å²) in [6, 6.07) is 26.7. The summed E-state index contributed by atoms with van der Waals surface area (Å²) >= 11 is 1.47. The molecule has 6 heteroatoms. The highest BCUT2D eigenvalue weighted by Crippen LogP contribution is 2.30. The third-order valence-corrected chi connectivity index (χ3v) is 6.26. The van der Waals surface area contributed by atoms with Crippen molar-refractivity contribution >= 4 is 33.9 Å². The molecule has 0 saturated carbocycles. The van der Waals surface area contributed by atoms with Crippen LogP contribution in [0.3, 0.4) is 0 Å². The minimum atomic E-state index is -0.858. The third kappa shape index (κ3) is 3.70. The zero-order valence-corrected chi connectivity index (χ0v) is 18.2. The number of aryl methyl sites for hydroxylation is 1. The number of pyridine rings is 2. The van der Waals surface area contributed by atoms with Gasteiger partial charge in [0.15, 0.2) is 11.1 Å². The van der Waals surface area contributed by atoms with Crippen molar-refractivity contribution in [2.24, 2.45) is 0 Å². The van der Waals surface area contributed by atoms with Gasteiger partial charge >= 0.3 is 0 Å². The van der Waals surface area contributed by atoms with Crippen LogP contribution in [0.2, 0.25) is 0 Å². The van der Waals surface area contributed by atoms with Gasteiger partial charge in [-0.05, 0) is 54.3 Å². The highest BCUT2D eigenvalue weighted by Gasteiger charge is 2.19. The van der Waals surface area contributed by atoms with Gasteiger partial charge in [0.1, 0.15) is 11.9 Å². The van der Waals surface area contributed by atoms with Crippen LogP contribution in [0.5, 0.6) is 0 Å². The lowest BCUT2D eigenvalue weighted by atomic mass is 10.1. The number of aromatic nitrogens is 2. The van der Waals surface area contributed by atoms with Gasteiger partial charge in [-0.1, -0.05) is 42.5 Å². The molecule has 3 aromatic heterocycles. The summed E-state index contributed by atoms with van der Waals surface area (Å²) in [6.07, 6.45) is -0.858. The van der Waals surface area contributed by atoms with Gasteiger partial charge in [0.05, 0.1) is 11.1 Å². The topological polar surface area (TPSA) is 67.2 Å². The van der Waals surface area contributed by atoms with E-state index in [9.17, 15) is 9.90 Å². The Labute approximate surface area is 189 Å². The van der Waals surface area contributed by atoms with E-state index in [0.717, 1.165) is 21.8 Å². The van der Waals surface area contributed by atoms with Crippen molar-refractivity contribution in [1.29, 1.82) is 0 Å². The second-order valence-corrected chi connectivity index (χ2v) is 8.52. The fraction of sp³-hybridized carbons (Fsp3) is 0.0769. The third-order valence-electron chi connectivity index (χ3n) is 5.34. The van der Waals surface area contributed by atoms with E-state index in [0.29, 0.717) is 22.5 Å². The molecule has 2 aromatic carbocycles. The molecule has 1 atom stereocenters. The fourth-order valence-electron chi connectivity index (χ4n) is 3.85. The predicted octanol–water partition coefficient (Wildman–Crippen LogP) is 5.58. The SMILES string of the molecule is Cc1cc(C(O)c2cccs2)nc2c1c(=O)cc(Nc1ccccc1)n2-c1ccccc1. The van der Waals surface area contributed by atoms with Crippen LogP contribution in [0.4, 0.5) is 11.5 Å². The molecule has 0 radical (unpaired) electrons. The zero-order valence-electron chi connectivity index (χ0n) is 17.4. The largest absolute Gasteiger partial charge is 0.381 e. The first-order chi connectivity index (χ1) is 15.6. The van der Waals surface area contributed by atoms with E-state index in [1.807, 2.05) is 89.7 Å². The smallest absolute Gasteiger partial charge is 0.193 e. The summed E-state index contributed by atoms with van der Waals surface area (Å²) in [5.41, 5.74) is 3.41. The Bertz CT molecular complexity index is 1430. The second-order valence-electron chi connectivity index (χ2n) is 7.54. The van der Waals surface area contributed by atoms with Gasteiger partial charge in [-0.2, -0.15) is 0 Å². The molecule has 5 rings (SSSR count). The zero-order chi connectivity index (χ0) is 22.1. The molecule has 1 unspecified atom stereocenters. The number of fused-ring (bicyclic) bond motifs is 1. The number of thiophene rings is 1. The summed E-state index contributed by atoms with van der Waals surface area (Å²) in [6.45, 7) is 1.88. The van der Waals surface area contributed by atoms with Gasteiger partial charge in [0.2, 0.25) is 0 Å². The predicted molar refractivity (Wildman–Crippen MR) is 130 cm³/mol. The number of anilines is 2. The van der Waals surface area contributed by atoms with Crippen molar-refractivity contribution < 1.29 is 5.11 Å². The molecule has 3 heterocycles. The van der Waals surface area contributed by atoms with Crippen LogP contribution >= 0.6 is 11.3 Å². The Morgan fingerprint density at radius 3 is 2.38 bits per heavy atom. The summed E-state index contributed by atoms with van der Waals surface area (Å²) in [4.78, 5) is 18.8. The average molecular weight is 440 g/mol. The van der Waals surface area contributed by atoms with E-state index in [1.165, 1.54) is 11.3 Å². The van der Waals surface area contributed by atoms with Crippen LogP contribution < -0.4 is 10.7 Å². The van der Waals surface area contributed by atoms with Crippen molar-refractivity contribution in [3.63, 3.8) is 0 Å². The van der Waals surface area contributed by atoms with Gasteiger partial charge in [0.25, 0.3) is 0 Å². The van der Waals surface area contributed by atoms with E-state index in [1.54, 1.807) is 12.1 Å². The Morgan fingerprint density at radius 2 is 1.69 bits per heavy atom. The lowest BCUT2D eigenvalue weighted by Gasteiger charge is -2.20. The van der Waals surface area contributed by atoms with Crippen LogP contribution in [-0.2, 0) is 0 Å². The number of para-hydroxylation sites is 2. The maximum Gasteiger partial charge on any atom is 0.193 e. The van der Waals surface area contributed by atoms with Crippen LogP contribution in [0.15, 0.2) is 95.1 Å². The minimum absolute atomic E-state index is 0.118. The van der Waals surface area contributed by atoms with Crippen molar-refractivity contribution in [1.82, 2.24) is 9.55 Å². The molecule has 0 bridgehead atoms. The van der Waals surface area contributed by atoms with Gasteiger partial charge in [0, 0.05) is 22.3 Å². The normalized spacial score (nSPS) is 12.1. The van der Waals surface area contributed by atoms with Crippen molar-refractivity contribution in [3.05, 3.63) is 117 Å². The van der Waals surface area contributed by atoms with E-state index in [4.69, 9.17) is 4.98 Å². The number of rotatable bonds is 5. The van der Waals surface area contributed by atoms with Crippen molar-refractivity contribution in [2.45, 2.75) is 13.0 Å². The molecule has 5 nitrogen and oxygen atoms in total. The quantitative estimate of drug-likeness (QED) is 0.375. The molecule has 0 saturated heterocycles. The molecule has 2 N–H and O–H groups in total. The molecule has 32 heavy (non-hydrogen) atoms. The Kier molecular flexibility index (Phi) is 5.31. The standard InChI is InChI=1S/C26H21N3O2S/c1-17-15-20(25(31)22-13-8-14-32-22)28-26-24(17)21(30)16-23(27-18-9-4-2-5-10-18)29(26)19-11-6-3-7-12-19/h2-16,25,27,31H,1H3. The maximum absolute atomic E-state index is 13.2. The van der Waals surface area contributed by atoms with Crippen LogP contribution in [0, 0.1) is 6.92 Å². The van der Waals surface area contributed by atoms with E-state index < -0.39 is 6.10 Å². The Morgan fingerprint density at radius 1 is 0.969 bits per heavy atom. The van der Waals surface area contributed by atoms with E-state index in [2.05, 4.69) is 5.32 Å². The summed E-state index contributed by atoms with van der Waals surface area (Å²) in [5, 5.41) is 16.8. The van der Waals surface area contributed by atoms with E-state index >= 15 is 0 Å². The number of hydrogen-bond acceptors (Lipinski definition) is 5. The monoisotopic (exact) mass is 439 g/mol. The highest BCUT2D eigenvalue weighted by atomic mass is 32.1. The first kappa shape index (κ1) is 20.2. The molecule has 0 spiro atoms. The van der Waals surface area contributed by atoms with Crippen LogP contribution in [0.1, 0.15) is 22.2 Å². The number of aliphatic hydroxyl groups is 1. The molecule has 0 fully saturated rings. The molecule has 0 aliphatic heterocycles. The van der Waals surface area contributed by atoms with Gasteiger partial charge in [-0.15, -0.1) is 11.3 Å². The van der Waals surface area contributed by atoms with Crippen molar-refractivity contribution in [2.75, 3.05) is 5.32 Å². The number of hydrogen-bond donors (Lipinski definition) is 2. The number of aliphatic hydroxyl groups excluding tert-OH is 1. The van der Waals surface area contributed by atoms with Gasteiger partial charge < -0.3 is 10.4 Å². The first-order valence-electron chi connectivity index (χ1n) is 10.3. The second kappa shape index (κ2) is 8.42. The van der Waals surface area contributed by atoms with Crippen LogP contribution in [-0.4, -0.2) is 14.7 Å². The summed E-state index contributed by atoms with van der Waals surface area (Å²) in [7, 11) is 0. The van der Waals surface area contributed by atoms with E-state index in [-0.39, 0.29) is 5.43 Å². The molecule has 158 valence electrons. The molecule has 0 aliphatic carbocycles. The van der Waals surface area contributed by atoms with Gasteiger partial charge in [-0.25, -0.2) is 4.98 Å². The Hall–Kier alpha value is -3.74. The molecular formula is C26H21N3O2S. The maximum atomic E-state index is 13.2. The fourth-order valence-corrected chi connectivity index (χ4v) is 4.58. The molecule has 5 aromatic rings. The lowest BCUT2D eigenvalue weighted by Crippen LogP contribution is -2.16. The average Bonchev–Trinajstić information content (AvgIpc) is 3.34. The van der Waals surface area contributed by atoms with Crippen molar-refractivity contribution in [3.8, 4) is 5.69 Å². The summed E-state index contributed by atoms with van der Waals surface area (Å²) < 4.78 is 1.93. The van der Waals surface area contributed by atoms with Crippen LogP contribution in [0.25, 0.3) is 16.7 Å². The number of nitrogens with one attached hydrogen (secondary N) is 1. The minimum Gasteiger partial charge on any atom is -0.381 e. The lowest BCUT2D eigenvalue weighted by molar-refractivity contribution is 0.219. The van der Waals surface area contributed by atoms with Gasteiger partial charge in [-0.3, -0.25) is 9.36 Å². The molecular weight excluding hydrogens is 418 g/mol. The molecule has 0 aliphatic rings. The number of benzene rings is 2. The first-order valence-corrected chi connectivity index (χ1v) is 11.2. The Balaban J connectivity index is 1.79. The summed E-state index contributed by atoms with van der Waals surface area (Å²) in [5.74, 6) is 0.606. The number of nitrogens with zero attached hydrogens (tertiary/aromatic N) is 2. The molecule has 0 amide bonds.